The fourth-order valence-corrected chi connectivity index (χ4v) is 4.85. The number of hydrogen-bond donors (Lipinski definition) is 0. The Bertz CT molecular complexity index is 1930. The van der Waals surface area contributed by atoms with Gasteiger partial charge in [0.1, 0.15) is 32.1 Å². The third-order valence-corrected chi connectivity index (χ3v) is 7.00. The minimum Gasteiger partial charge on any atom is -0.451 e. The molecule has 0 amide bonds. The fraction of sp³-hybridized carbons (Fsp3) is 0. The Morgan fingerprint density at radius 2 is 0.875 bits per heavy atom. The molecule has 0 saturated carbocycles. The van der Waals surface area contributed by atoms with Gasteiger partial charge in [0, 0.05) is 22.3 Å². The molecule has 0 bridgehead atoms. The number of rotatable bonds is 0. The molecule has 2 heterocycles. The molecule has 40 heavy (non-hydrogen) atoms. The summed E-state index contributed by atoms with van der Waals surface area (Å²) in [6.45, 7) is 0. The molecular formula is C34H16Cl2N2O2. The summed E-state index contributed by atoms with van der Waals surface area (Å²) in [6, 6.07) is 30.7. The summed E-state index contributed by atoms with van der Waals surface area (Å²) in [5.41, 5.74) is 4.65. The fourth-order valence-electron chi connectivity index (χ4n) is 4.33. The van der Waals surface area contributed by atoms with E-state index in [0.29, 0.717) is 45.1 Å². The van der Waals surface area contributed by atoms with Gasteiger partial charge in [0.15, 0.2) is 23.0 Å². The summed E-state index contributed by atoms with van der Waals surface area (Å²) >= 11 is 13.6. The van der Waals surface area contributed by atoms with Crippen molar-refractivity contribution in [2.45, 2.75) is 0 Å². The molecule has 0 N–H and O–H groups in total. The largest absolute Gasteiger partial charge is 0.451 e. The lowest BCUT2D eigenvalue weighted by molar-refractivity contribution is 0.451. The topological polar surface area (TPSA) is 43.2 Å². The first-order valence-electron chi connectivity index (χ1n) is 12.4. The minimum absolute atomic E-state index is 0.267. The number of nitrogens with zero attached hydrogens (tertiary/aromatic N) is 2. The summed E-state index contributed by atoms with van der Waals surface area (Å²) < 4.78 is 12.4. The Balaban J connectivity index is 1.26. The molecule has 0 atom stereocenters. The van der Waals surface area contributed by atoms with Crippen LogP contribution in [-0.2, 0) is 0 Å². The highest BCUT2D eigenvalue weighted by Crippen LogP contribution is 2.42. The molecule has 0 aromatic heterocycles. The van der Waals surface area contributed by atoms with Gasteiger partial charge in [0.2, 0.25) is 0 Å². The van der Waals surface area contributed by atoms with Gasteiger partial charge < -0.3 is 9.47 Å². The van der Waals surface area contributed by atoms with Crippen molar-refractivity contribution < 1.29 is 9.47 Å². The van der Waals surface area contributed by atoms with E-state index in [1.165, 1.54) is 0 Å². The van der Waals surface area contributed by atoms with Crippen molar-refractivity contribution in [1.82, 2.24) is 0 Å². The molecule has 6 heteroatoms. The zero-order valence-corrected chi connectivity index (χ0v) is 22.2. The highest BCUT2D eigenvalue weighted by molar-refractivity contribution is 6.35. The van der Waals surface area contributed by atoms with Crippen LogP contribution in [0.3, 0.4) is 0 Å². The van der Waals surface area contributed by atoms with Crippen LogP contribution in [0.4, 0.5) is 11.4 Å². The third-order valence-electron chi connectivity index (χ3n) is 6.30. The number of benzene rings is 5. The van der Waals surface area contributed by atoms with Gasteiger partial charge in [-0.15, -0.1) is 0 Å². The van der Waals surface area contributed by atoms with E-state index in [1.807, 2.05) is 97.1 Å². The highest BCUT2D eigenvalue weighted by atomic mass is 35.5. The Hall–Kier alpha value is -5.00. The molecular weight excluding hydrogens is 539 g/mol. The number of ether oxygens (including phenoxy) is 2. The van der Waals surface area contributed by atoms with Crippen molar-refractivity contribution in [3.8, 4) is 46.7 Å². The second-order valence-electron chi connectivity index (χ2n) is 9.01. The molecule has 0 aliphatic carbocycles. The van der Waals surface area contributed by atoms with E-state index in [-0.39, 0.29) is 10.0 Å². The van der Waals surface area contributed by atoms with Crippen molar-refractivity contribution in [3.63, 3.8) is 0 Å². The zero-order valence-electron chi connectivity index (χ0n) is 20.7. The lowest BCUT2D eigenvalue weighted by atomic mass is 10.1. The predicted molar refractivity (Wildman–Crippen MR) is 156 cm³/mol. The second kappa shape index (κ2) is 9.95. The van der Waals surface area contributed by atoms with Crippen LogP contribution in [-0.4, -0.2) is 0 Å². The predicted octanol–water partition coefficient (Wildman–Crippen LogP) is 7.91. The molecule has 0 unspecified atom stereocenters. The van der Waals surface area contributed by atoms with Crippen LogP contribution in [0.1, 0.15) is 22.3 Å². The minimum atomic E-state index is 0.267. The maximum atomic E-state index is 6.81. The van der Waals surface area contributed by atoms with Crippen molar-refractivity contribution >= 4 is 34.6 Å². The number of hydrogen-bond acceptors (Lipinski definition) is 4. The molecule has 5 aromatic rings. The highest BCUT2D eigenvalue weighted by Gasteiger charge is 2.27. The lowest BCUT2D eigenvalue weighted by Gasteiger charge is -2.21. The molecule has 2 aliphatic heterocycles. The van der Waals surface area contributed by atoms with Crippen molar-refractivity contribution in [3.05, 3.63) is 140 Å². The Labute approximate surface area is 240 Å². The molecule has 7 rings (SSSR count). The molecule has 0 spiro atoms. The quantitative estimate of drug-likeness (QED) is 0.179. The van der Waals surface area contributed by atoms with Crippen LogP contribution in [0.15, 0.2) is 107 Å². The van der Waals surface area contributed by atoms with E-state index in [4.69, 9.17) is 42.7 Å². The summed E-state index contributed by atoms with van der Waals surface area (Å²) in [5.74, 6) is 14.4. The average molecular weight is 555 g/mol. The van der Waals surface area contributed by atoms with Crippen LogP contribution >= 0.6 is 23.2 Å². The average Bonchev–Trinajstić information content (AvgIpc) is 3.01. The van der Waals surface area contributed by atoms with Gasteiger partial charge in [0.05, 0.1) is 0 Å². The van der Waals surface area contributed by atoms with Gasteiger partial charge in [-0.25, -0.2) is 9.98 Å². The first-order valence-corrected chi connectivity index (χ1v) is 13.1. The molecule has 188 valence electrons. The van der Waals surface area contributed by atoms with E-state index in [2.05, 4.69) is 23.7 Å². The van der Waals surface area contributed by atoms with E-state index >= 15 is 0 Å². The SMILES string of the molecule is Clc1c2c(c(Cl)c3c1=Nc1ccc(C#Cc4ccccc4)cc1O3)=Nc1ccc(C#Cc3ccccc3)cc1O2. The van der Waals surface area contributed by atoms with Gasteiger partial charge >= 0.3 is 0 Å². The first kappa shape index (κ1) is 24.1. The van der Waals surface area contributed by atoms with E-state index in [1.54, 1.807) is 0 Å². The molecule has 0 saturated heterocycles. The van der Waals surface area contributed by atoms with Crippen molar-refractivity contribution in [2.24, 2.45) is 9.98 Å². The zero-order chi connectivity index (χ0) is 27.1. The molecule has 0 fully saturated rings. The van der Waals surface area contributed by atoms with Gasteiger partial charge in [-0.3, -0.25) is 0 Å². The molecule has 0 radical (unpaired) electrons. The lowest BCUT2D eigenvalue weighted by Crippen LogP contribution is -2.22. The van der Waals surface area contributed by atoms with Gasteiger partial charge in [-0.05, 0) is 60.7 Å². The molecule has 4 nitrogen and oxygen atoms in total. The van der Waals surface area contributed by atoms with Crippen molar-refractivity contribution in [1.29, 1.82) is 0 Å². The van der Waals surface area contributed by atoms with E-state index < -0.39 is 0 Å². The third kappa shape index (κ3) is 4.46. The van der Waals surface area contributed by atoms with Crippen LogP contribution in [0.2, 0.25) is 10.0 Å². The summed E-state index contributed by atoms with van der Waals surface area (Å²) in [5, 5.41) is 1.31. The first-order chi connectivity index (χ1) is 19.6. The maximum Gasteiger partial charge on any atom is 0.175 e. The maximum absolute atomic E-state index is 6.81. The normalized spacial score (nSPS) is 11.7. The standard InChI is InChI=1S/C34H16Cl2N2O2/c35-29-32-34(40-28-20-24(16-18-26(28)38-32)14-12-22-9-5-2-6-10-22)30(36)31-33(29)39-27-19-23(15-17-25(27)37-31)13-11-21-7-3-1-4-8-21/h1-10,15-20H. The van der Waals surface area contributed by atoms with Gasteiger partial charge in [-0.2, -0.15) is 0 Å². The second-order valence-corrected chi connectivity index (χ2v) is 9.76. The van der Waals surface area contributed by atoms with Gasteiger partial charge in [0.25, 0.3) is 0 Å². The van der Waals surface area contributed by atoms with Crippen LogP contribution in [0.25, 0.3) is 0 Å². The molecule has 2 aliphatic rings. The monoisotopic (exact) mass is 554 g/mol. The summed E-state index contributed by atoms with van der Waals surface area (Å²) in [7, 11) is 0. The van der Waals surface area contributed by atoms with Crippen molar-refractivity contribution in [2.75, 3.05) is 0 Å². The summed E-state index contributed by atoms with van der Waals surface area (Å²) in [6.07, 6.45) is 0. The smallest absolute Gasteiger partial charge is 0.175 e. The summed E-state index contributed by atoms with van der Waals surface area (Å²) in [4.78, 5) is 9.48. The number of fused-ring (bicyclic) bond motifs is 4. The van der Waals surface area contributed by atoms with Crippen LogP contribution in [0.5, 0.6) is 23.0 Å². The molecule has 5 aromatic carbocycles. The van der Waals surface area contributed by atoms with Gasteiger partial charge in [-0.1, -0.05) is 83.3 Å². The van der Waals surface area contributed by atoms with Crippen LogP contribution < -0.4 is 20.2 Å². The van der Waals surface area contributed by atoms with E-state index in [9.17, 15) is 0 Å². The van der Waals surface area contributed by atoms with Crippen LogP contribution in [0, 0.1) is 23.7 Å². The Kier molecular flexibility index (Phi) is 5.99. The Morgan fingerprint density at radius 3 is 1.30 bits per heavy atom. The number of halogens is 2. The van der Waals surface area contributed by atoms with E-state index in [0.717, 1.165) is 22.3 Å². The Morgan fingerprint density at radius 1 is 0.475 bits per heavy atom.